The van der Waals surface area contributed by atoms with E-state index in [1.165, 1.54) is 36.0 Å². The van der Waals surface area contributed by atoms with Crippen LogP contribution in [0.4, 0.5) is 4.39 Å². The van der Waals surface area contributed by atoms with Crippen LogP contribution in [0.15, 0.2) is 42.7 Å². The van der Waals surface area contributed by atoms with Gasteiger partial charge in [-0.25, -0.2) is 4.39 Å². The molecule has 0 unspecified atom stereocenters. The summed E-state index contributed by atoms with van der Waals surface area (Å²) in [5.41, 5.74) is 1.76. The fraction of sp³-hybridized carbons (Fsp3) is 0.391. The van der Waals surface area contributed by atoms with Gasteiger partial charge in [0.25, 0.3) is 5.91 Å². The number of aliphatic hydroxyl groups is 2. The zero-order valence-electron chi connectivity index (χ0n) is 18.2. The minimum absolute atomic E-state index is 0.183. The second-order valence-electron chi connectivity index (χ2n) is 8.16. The van der Waals surface area contributed by atoms with Crippen molar-refractivity contribution in [2.75, 3.05) is 13.2 Å². The highest BCUT2D eigenvalue weighted by Gasteiger charge is 2.22. The number of rotatable bonds is 10. The van der Waals surface area contributed by atoms with Crippen molar-refractivity contribution in [2.45, 2.75) is 38.4 Å². The Kier molecular flexibility index (Phi) is 6.95. The second-order valence-corrected chi connectivity index (χ2v) is 8.16. The number of halogens is 1. The lowest BCUT2D eigenvalue weighted by molar-refractivity contribution is 0.0799. The number of ether oxygens (including phenoxy) is 1. The Labute approximate surface area is 190 Å². The van der Waals surface area contributed by atoms with Gasteiger partial charge < -0.3 is 20.3 Å². The number of pyridine rings is 1. The molecule has 0 aliphatic heterocycles. The molecule has 2 heterocycles. The molecule has 9 nitrogen and oxygen atoms in total. The molecule has 3 N–H and O–H groups in total. The maximum atomic E-state index is 14.5. The third-order valence-electron chi connectivity index (χ3n) is 5.37. The summed E-state index contributed by atoms with van der Waals surface area (Å²) in [6, 6.07) is 7.84. The molecule has 4 rings (SSSR count). The molecule has 174 valence electrons. The normalized spacial score (nSPS) is 15.2. The Balaban J connectivity index is 1.38. The number of hydrogen-bond acceptors (Lipinski definition) is 7. The van der Waals surface area contributed by atoms with Crippen molar-refractivity contribution >= 4 is 5.91 Å². The summed E-state index contributed by atoms with van der Waals surface area (Å²) in [7, 11) is 0. The molecule has 1 amide bonds. The lowest BCUT2D eigenvalue weighted by Crippen LogP contribution is -2.34. The van der Waals surface area contributed by atoms with Gasteiger partial charge in [0, 0.05) is 18.3 Å². The van der Waals surface area contributed by atoms with E-state index in [4.69, 9.17) is 9.84 Å². The summed E-state index contributed by atoms with van der Waals surface area (Å²) < 4.78 is 20.4. The fourth-order valence-electron chi connectivity index (χ4n) is 3.25. The summed E-state index contributed by atoms with van der Waals surface area (Å²) >= 11 is 0. The number of hydrogen-bond donors (Lipinski definition) is 3. The van der Waals surface area contributed by atoms with Crippen molar-refractivity contribution in [1.29, 1.82) is 0 Å². The quantitative estimate of drug-likeness (QED) is 0.427. The SMILES string of the molecule is C[C@@H](Oc1ccc(CC2CC2)nc1)c1cnn(-c2ccc(C(=O)NC[C@H](O)CO)c(F)c2)n1. The maximum absolute atomic E-state index is 14.5. The predicted octanol–water partition coefficient (Wildman–Crippen LogP) is 1.98. The van der Waals surface area contributed by atoms with Crippen LogP contribution in [0.1, 0.15) is 47.6 Å². The van der Waals surface area contributed by atoms with Crippen LogP contribution >= 0.6 is 0 Å². The van der Waals surface area contributed by atoms with Crippen LogP contribution in [-0.2, 0) is 6.42 Å². The molecule has 33 heavy (non-hydrogen) atoms. The van der Waals surface area contributed by atoms with E-state index < -0.39 is 30.5 Å². The molecule has 1 aromatic carbocycles. The molecule has 1 saturated carbocycles. The molecule has 0 bridgehead atoms. The number of carbonyl (C=O) groups is 1. The van der Waals surface area contributed by atoms with Gasteiger partial charge in [-0.3, -0.25) is 9.78 Å². The third kappa shape index (κ3) is 5.91. The fourth-order valence-corrected chi connectivity index (χ4v) is 3.25. The Bertz CT molecular complexity index is 1100. The Morgan fingerprint density at radius 2 is 2.12 bits per heavy atom. The van der Waals surface area contributed by atoms with Crippen LogP contribution in [0.25, 0.3) is 5.69 Å². The summed E-state index contributed by atoms with van der Waals surface area (Å²) in [5.74, 6) is -0.0570. The van der Waals surface area contributed by atoms with Gasteiger partial charge >= 0.3 is 0 Å². The van der Waals surface area contributed by atoms with Gasteiger partial charge in [-0.15, -0.1) is 5.10 Å². The van der Waals surface area contributed by atoms with Crippen molar-refractivity contribution in [3.8, 4) is 11.4 Å². The van der Waals surface area contributed by atoms with Crippen LogP contribution in [0, 0.1) is 11.7 Å². The van der Waals surface area contributed by atoms with Crippen molar-refractivity contribution in [2.24, 2.45) is 5.92 Å². The lowest BCUT2D eigenvalue weighted by Gasteiger charge is -2.12. The minimum Gasteiger partial charge on any atom is -0.483 e. The van der Waals surface area contributed by atoms with Crippen molar-refractivity contribution in [3.05, 3.63) is 65.5 Å². The highest BCUT2D eigenvalue weighted by atomic mass is 19.1. The maximum Gasteiger partial charge on any atom is 0.254 e. The van der Waals surface area contributed by atoms with Crippen molar-refractivity contribution < 1.29 is 24.1 Å². The van der Waals surface area contributed by atoms with E-state index in [2.05, 4.69) is 20.5 Å². The van der Waals surface area contributed by atoms with E-state index in [1.807, 2.05) is 19.1 Å². The van der Waals surface area contributed by atoms with Gasteiger partial charge in [-0.05, 0) is 56.4 Å². The van der Waals surface area contributed by atoms with Crippen molar-refractivity contribution in [1.82, 2.24) is 25.3 Å². The average molecular weight is 455 g/mol. The van der Waals surface area contributed by atoms with Gasteiger partial charge in [-0.1, -0.05) is 0 Å². The first-order valence-corrected chi connectivity index (χ1v) is 10.8. The highest BCUT2D eigenvalue weighted by Crippen LogP contribution is 2.32. The van der Waals surface area contributed by atoms with Gasteiger partial charge in [-0.2, -0.15) is 9.90 Å². The molecule has 0 radical (unpaired) electrons. The number of carbonyl (C=O) groups excluding carboxylic acids is 1. The van der Waals surface area contributed by atoms with E-state index >= 15 is 0 Å². The zero-order chi connectivity index (χ0) is 23.4. The summed E-state index contributed by atoms with van der Waals surface area (Å²) in [6.45, 7) is 1.15. The first kappa shape index (κ1) is 22.8. The molecule has 2 aromatic heterocycles. The van der Waals surface area contributed by atoms with Crippen LogP contribution in [0.5, 0.6) is 5.75 Å². The van der Waals surface area contributed by atoms with Gasteiger partial charge in [0.05, 0.1) is 36.4 Å². The topological polar surface area (TPSA) is 122 Å². The molecular formula is C23H26FN5O4. The number of nitrogens with zero attached hydrogens (tertiary/aromatic N) is 4. The Morgan fingerprint density at radius 1 is 1.30 bits per heavy atom. The monoisotopic (exact) mass is 455 g/mol. The number of aliphatic hydroxyl groups excluding tert-OH is 2. The molecule has 3 aromatic rings. The van der Waals surface area contributed by atoms with Crippen LogP contribution < -0.4 is 10.1 Å². The van der Waals surface area contributed by atoms with E-state index in [1.54, 1.807) is 6.20 Å². The van der Waals surface area contributed by atoms with Gasteiger partial charge in [0.1, 0.15) is 23.4 Å². The molecule has 1 aliphatic carbocycles. The van der Waals surface area contributed by atoms with E-state index in [-0.39, 0.29) is 12.1 Å². The molecule has 10 heteroatoms. The van der Waals surface area contributed by atoms with Crippen LogP contribution in [0.2, 0.25) is 0 Å². The largest absolute Gasteiger partial charge is 0.483 e. The number of nitrogens with one attached hydrogen (secondary N) is 1. The molecule has 0 spiro atoms. The zero-order valence-corrected chi connectivity index (χ0v) is 18.2. The first-order valence-electron chi connectivity index (χ1n) is 10.8. The Hall–Kier alpha value is -3.37. The molecule has 1 aliphatic rings. The molecule has 2 atom stereocenters. The van der Waals surface area contributed by atoms with E-state index in [0.717, 1.165) is 24.1 Å². The highest BCUT2D eigenvalue weighted by molar-refractivity contribution is 5.94. The average Bonchev–Trinajstić information content (AvgIpc) is 3.49. The smallest absolute Gasteiger partial charge is 0.254 e. The van der Waals surface area contributed by atoms with Crippen molar-refractivity contribution in [3.63, 3.8) is 0 Å². The summed E-state index contributed by atoms with van der Waals surface area (Å²) in [5, 5.41) is 29.0. The first-order chi connectivity index (χ1) is 15.9. The number of amides is 1. The van der Waals surface area contributed by atoms with Gasteiger partial charge in [0.2, 0.25) is 0 Å². The van der Waals surface area contributed by atoms with Crippen LogP contribution in [-0.4, -0.2) is 55.4 Å². The summed E-state index contributed by atoms with van der Waals surface area (Å²) in [6.07, 6.45) is 5.30. The standard InChI is InChI=1S/C23H26FN5O4/c1-14(33-19-6-4-16(25-11-19)8-15-2-3-15)22-12-27-29(28-22)17-5-7-20(21(24)9-17)23(32)26-10-18(31)13-30/h4-7,9,11-12,14-15,18,30-31H,2-3,8,10,13H2,1H3,(H,26,32)/t14-,18+/m1/s1. The molecule has 0 saturated heterocycles. The lowest BCUT2D eigenvalue weighted by atomic mass is 10.1. The Morgan fingerprint density at radius 3 is 2.79 bits per heavy atom. The number of aromatic nitrogens is 4. The molecule has 1 fully saturated rings. The predicted molar refractivity (Wildman–Crippen MR) is 116 cm³/mol. The van der Waals surface area contributed by atoms with Crippen LogP contribution in [0.3, 0.4) is 0 Å². The summed E-state index contributed by atoms with van der Waals surface area (Å²) in [4.78, 5) is 17.8. The molecular weight excluding hydrogens is 429 g/mol. The van der Waals surface area contributed by atoms with E-state index in [0.29, 0.717) is 17.1 Å². The van der Waals surface area contributed by atoms with E-state index in [9.17, 15) is 14.3 Å². The van der Waals surface area contributed by atoms with Gasteiger partial charge in [0.15, 0.2) is 0 Å². The third-order valence-corrected chi connectivity index (χ3v) is 5.37. The second kappa shape index (κ2) is 10.1. The minimum atomic E-state index is -1.11. The number of benzene rings is 1.